The van der Waals surface area contributed by atoms with Crippen LogP contribution in [0.2, 0.25) is 0 Å². The van der Waals surface area contributed by atoms with Crippen LogP contribution >= 0.6 is 11.3 Å². The molecule has 2 aromatic rings. The molecule has 1 aromatic carbocycles. The Morgan fingerprint density at radius 1 is 1.23 bits per heavy atom. The Morgan fingerprint density at radius 2 is 2.03 bits per heavy atom. The van der Waals surface area contributed by atoms with Gasteiger partial charge in [0.2, 0.25) is 0 Å². The SMILES string of the molecule is C[C@@H]1CN(CC[C@H]2C[C@H](NC(=O)OC(C)(C)C)C2)CCN1c1cccc2sccc12. The Balaban J connectivity index is 1.20. The molecule has 30 heavy (non-hydrogen) atoms. The Morgan fingerprint density at radius 3 is 2.77 bits per heavy atom. The lowest BCUT2D eigenvalue weighted by Gasteiger charge is -2.43. The van der Waals surface area contributed by atoms with Crippen molar-refractivity contribution in [1.82, 2.24) is 10.2 Å². The molecule has 1 saturated carbocycles. The van der Waals surface area contributed by atoms with Crippen molar-refractivity contribution in [3.8, 4) is 0 Å². The van der Waals surface area contributed by atoms with Crippen LogP contribution in [0.1, 0.15) is 47.0 Å². The van der Waals surface area contributed by atoms with Crippen molar-refractivity contribution in [3.05, 3.63) is 29.6 Å². The summed E-state index contributed by atoms with van der Waals surface area (Å²) < 4.78 is 6.73. The van der Waals surface area contributed by atoms with Gasteiger partial charge in [0, 0.05) is 47.5 Å². The highest BCUT2D eigenvalue weighted by Crippen LogP contribution is 2.34. The molecule has 0 spiro atoms. The van der Waals surface area contributed by atoms with Gasteiger partial charge in [-0.05, 0) is 83.0 Å². The van der Waals surface area contributed by atoms with Gasteiger partial charge >= 0.3 is 6.09 Å². The number of amides is 1. The van der Waals surface area contributed by atoms with Crippen LogP contribution in [0.15, 0.2) is 29.6 Å². The molecule has 164 valence electrons. The summed E-state index contributed by atoms with van der Waals surface area (Å²) in [5.74, 6) is 0.720. The van der Waals surface area contributed by atoms with Gasteiger partial charge < -0.3 is 15.0 Å². The molecular weight excluding hydrogens is 394 g/mol. The number of carbonyl (C=O) groups is 1. The summed E-state index contributed by atoms with van der Waals surface area (Å²) in [5.41, 5.74) is 0.956. The normalized spacial score (nSPS) is 25.2. The van der Waals surface area contributed by atoms with Crippen LogP contribution in [-0.4, -0.2) is 54.9 Å². The van der Waals surface area contributed by atoms with E-state index in [1.165, 1.54) is 22.2 Å². The fourth-order valence-corrected chi connectivity index (χ4v) is 5.56. The zero-order valence-electron chi connectivity index (χ0n) is 18.7. The van der Waals surface area contributed by atoms with E-state index in [9.17, 15) is 4.79 Å². The van der Waals surface area contributed by atoms with Crippen molar-refractivity contribution >= 4 is 33.2 Å². The lowest BCUT2D eigenvalue weighted by Crippen LogP contribution is -2.53. The van der Waals surface area contributed by atoms with Crippen molar-refractivity contribution in [2.24, 2.45) is 5.92 Å². The molecule has 0 bridgehead atoms. The second-order valence-corrected chi connectivity index (χ2v) is 10.9. The van der Waals surface area contributed by atoms with Gasteiger partial charge in [0.05, 0.1) is 0 Å². The van der Waals surface area contributed by atoms with E-state index in [-0.39, 0.29) is 12.1 Å². The number of piperazine rings is 1. The largest absolute Gasteiger partial charge is 0.444 e. The van der Waals surface area contributed by atoms with Crippen molar-refractivity contribution in [1.29, 1.82) is 0 Å². The summed E-state index contributed by atoms with van der Waals surface area (Å²) in [5, 5.41) is 6.59. The van der Waals surface area contributed by atoms with Gasteiger partial charge in [0.1, 0.15) is 5.60 Å². The zero-order chi connectivity index (χ0) is 21.3. The molecule has 1 aliphatic carbocycles. The lowest BCUT2D eigenvalue weighted by molar-refractivity contribution is 0.0444. The number of alkyl carbamates (subject to hydrolysis) is 1. The van der Waals surface area contributed by atoms with Crippen molar-refractivity contribution in [2.45, 2.75) is 64.6 Å². The lowest BCUT2D eigenvalue weighted by atomic mass is 9.78. The number of thiophene rings is 1. The molecule has 0 unspecified atom stereocenters. The molecule has 1 amide bonds. The summed E-state index contributed by atoms with van der Waals surface area (Å²) in [4.78, 5) is 17.1. The summed E-state index contributed by atoms with van der Waals surface area (Å²) in [6.07, 6.45) is 3.10. The number of anilines is 1. The molecule has 5 nitrogen and oxygen atoms in total. The van der Waals surface area contributed by atoms with Crippen molar-refractivity contribution < 1.29 is 9.53 Å². The first kappa shape index (κ1) is 21.4. The number of rotatable bonds is 5. The van der Waals surface area contributed by atoms with Gasteiger partial charge in [-0.2, -0.15) is 0 Å². The third kappa shape index (κ3) is 5.09. The fraction of sp³-hybridized carbons (Fsp3) is 0.625. The van der Waals surface area contributed by atoms with E-state index in [4.69, 9.17) is 4.74 Å². The zero-order valence-corrected chi connectivity index (χ0v) is 19.5. The van der Waals surface area contributed by atoms with Crippen LogP contribution in [0.4, 0.5) is 10.5 Å². The first-order chi connectivity index (χ1) is 14.3. The summed E-state index contributed by atoms with van der Waals surface area (Å²) in [7, 11) is 0. The second kappa shape index (κ2) is 8.75. The molecule has 4 rings (SSSR count). The predicted octanol–water partition coefficient (Wildman–Crippen LogP) is 5.11. The average Bonchev–Trinajstić information content (AvgIpc) is 3.11. The van der Waals surface area contributed by atoms with Crippen LogP contribution in [0.5, 0.6) is 0 Å². The van der Waals surface area contributed by atoms with Gasteiger partial charge in [0.15, 0.2) is 0 Å². The summed E-state index contributed by atoms with van der Waals surface area (Å²) in [6.45, 7) is 12.5. The Kier molecular flexibility index (Phi) is 6.26. The van der Waals surface area contributed by atoms with E-state index >= 15 is 0 Å². The highest BCUT2D eigenvalue weighted by Gasteiger charge is 2.32. The molecule has 1 atom stereocenters. The Labute approximate surface area is 184 Å². The van der Waals surface area contributed by atoms with Gasteiger partial charge in [-0.1, -0.05) is 6.07 Å². The summed E-state index contributed by atoms with van der Waals surface area (Å²) >= 11 is 1.82. The Bertz CT molecular complexity index is 869. The van der Waals surface area contributed by atoms with E-state index in [1.54, 1.807) is 0 Å². The maximum absolute atomic E-state index is 11.9. The average molecular weight is 430 g/mol. The molecule has 1 aromatic heterocycles. The van der Waals surface area contributed by atoms with Crippen LogP contribution < -0.4 is 10.2 Å². The van der Waals surface area contributed by atoms with Crippen molar-refractivity contribution in [3.63, 3.8) is 0 Å². The van der Waals surface area contributed by atoms with E-state index < -0.39 is 5.60 Å². The topological polar surface area (TPSA) is 44.8 Å². The molecule has 2 heterocycles. The first-order valence-electron chi connectivity index (χ1n) is 11.2. The number of ether oxygens (including phenoxy) is 1. The molecule has 1 aliphatic heterocycles. The molecule has 1 saturated heterocycles. The monoisotopic (exact) mass is 429 g/mol. The second-order valence-electron chi connectivity index (χ2n) is 9.92. The first-order valence-corrected chi connectivity index (χ1v) is 12.1. The van der Waals surface area contributed by atoms with Crippen LogP contribution in [0.25, 0.3) is 10.1 Å². The molecule has 6 heteroatoms. The van der Waals surface area contributed by atoms with Crippen LogP contribution in [-0.2, 0) is 4.74 Å². The standard InChI is InChI=1S/C24H35N3O2S/c1-17-16-26(10-8-18-14-19(15-18)25-23(28)29-24(2,3)4)11-12-27(17)21-6-5-7-22-20(21)9-13-30-22/h5-7,9,13,17-19H,8,10-12,14-16H2,1-4H3,(H,25,28)/t17-,18-,19-/m1/s1. The highest BCUT2D eigenvalue weighted by atomic mass is 32.1. The smallest absolute Gasteiger partial charge is 0.407 e. The molecule has 0 radical (unpaired) electrons. The molecular formula is C24H35N3O2S. The Hall–Kier alpha value is -1.79. The predicted molar refractivity (Wildman–Crippen MR) is 126 cm³/mol. The fourth-order valence-electron chi connectivity index (χ4n) is 4.75. The third-order valence-corrected chi connectivity index (χ3v) is 7.19. The van der Waals surface area contributed by atoms with Crippen LogP contribution in [0, 0.1) is 5.92 Å². The number of hydrogen-bond acceptors (Lipinski definition) is 5. The van der Waals surface area contributed by atoms with Gasteiger partial charge in [-0.3, -0.25) is 4.90 Å². The molecule has 2 aliphatic rings. The van der Waals surface area contributed by atoms with E-state index in [2.05, 4.69) is 51.7 Å². The number of carbonyl (C=O) groups excluding carboxylic acids is 1. The van der Waals surface area contributed by atoms with Gasteiger partial charge in [0.25, 0.3) is 0 Å². The molecule has 1 N–H and O–H groups in total. The van der Waals surface area contributed by atoms with Gasteiger partial charge in [-0.25, -0.2) is 4.79 Å². The maximum Gasteiger partial charge on any atom is 0.407 e. The van der Waals surface area contributed by atoms with E-state index in [0.717, 1.165) is 44.9 Å². The van der Waals surface area contributed by atoms with Gasteiger partial charge in [-0.15, -0.1) is 11.3 Å². The van der Waals surface area contributed by atoms with Crippen LogP contribution in [0.3, 0.4) is 0 Å². The minimum atomic E-state index is -0.430. The highest BCUT2D eigenvalue weighted by molar-refractivity contribution is 7.17. The number of nitrogens with zero attached hydrogens (tertiary/aromatic N) is 2. The van der Waals surface area contributed by atoms with E-state index in [0.29, 0.717) is 6.04 Å². The summed E-state index contributed by atoms with van der Waals surface area (Å²) in [6, 6.07) is 9.73. The van der Waals surface area contributed by atoms with Crippen molar-refractivity contribution in [2.75, 3.05) is 31.1 Å². The number of hydrogen-bond donors (Lipinski definition) is 1. The minimum absolute atomic E-state index is 0.281. The minimum Gasteiger partial charge on any atom is -0.444 e. The number of nitrogens with one attached hydrogen (secondary N) is 1. The quantitative estimate of drug-likeness (QED) is 0.718. The number of fused-ring (bicyclic) bond motifs is 1. The third-order valence-electron chi connectivity index (χ3n) is 6.30. The van der Waals surface area contributed by atoms with E-state index in [1.807, 2.05) is 32.1 Å². The maximum atomic E-state index is 11.9. The number of benzene rings is 1. The molecule has 2 fully saturated rings.